The summed E-state index contributed by atoms with van der Waals surface area (Å²) in [7, 11) is 3.92. The van der Waals surface area contributed by atoms with Crippen molar-refractivity contribution in [2.75, 3.05) is 19.0 Å². The Hall–Kier alpha value is -1.56. The van der Waals surface area contributed by atoms with Crippen LogP contribution >= 0.6 is 24.8 Å². The molecule has 0 aliphatic rings. The number of halogens is 2. The molecule has 3 N–H and O–H groups in total. The molecule has 24 heavy (non-hydrogen) atoms. The number of nitrogens with one attached hydrogen (secondary N) is 1. The number of benzene rings is 1. The van der Waals surface area contributed by atoms with Crippen molar-refractivity contribution in [1.82, 2.24) is 10.3 Å². The normalized spacial score (nSPS) is 11.2. The van der Waals surface area contributed by atoms with Gasteiger partial charge in [-0.15, -0.1) is 24.8 Å². The lowest BCUT2D eigenvalue weighted by atomic mass is 10.1. The van der Waals surface area contributed by atoms with Gasteiger partial charge in [-0.1, -0.05) is 18.2 Å². The van der Waals surface area contributed by atoms with Gasteiger partial charge >= 0.3 is 0 Å². The van der Waals surface area contributed by atoms with E-state index in [1.165, 1.54) is 0 Å². The average molecular weight is 373 g/mol. The second-order valence-electron chi connectivity index (χ2n) is 5.84. The van der Waals surface area contributed by atoms with Crippen molar-refractivity contribution in [3.8, 4) is 0 Å². The lowest BCUT2D eigenvalue weighted by Crippen LogP contribution is -2.25. The fourth-order valence-electron chi connectivity index (χ4n) is 2.25. The van der Waals surface area contributed by atoms with Gasteiger partial charge in [0, 0.05) is 38.5 Å². The largest absolute Gasteiger partial charge is 0.363 e. The van der Waals surface area contributed by atoms with Crippen LogP contribution in [0.4, 0.5) is 5.82 Å². The van der Waals surface area contributed by atoms with Crippen LogP contribution in [-0.2, 0) is 11.3 Å². The number of nitrogens with two attached hydrogens (primary N) is 1. The molecule has 2 aromatic rings. The Kier molecular flexibility index (Phi) is 9.66. The molecule has 1 amide bonds. The van der Waals surface area contributed by atoms with E-state index < -0.39 is 0 Å². The highest BCUT2D eigenvalue weighted by Gasteiger charge is 2.09. The summed E-state index contributed by atoms with van der Waals surface area (Å²) in [4.78, 5) is 18.5. The van der Waals surface area contributed by atoms with Crippen molar-refractivity contribution in [2.24, 2.45) is 5.73 Å². The average Bonchev–Trinajstić information content (AvgIpc) is 2.50. The van der Waals surface area contributed by atoms with Gasteiger partial charge in [-0.25, -0.2) is 4.98 Å². The van der Waals surface area contributed by atoms with Crippen LogP contribution in [0.1, 0.15) is 25.3 Å². The standard InChI is InChI=1S/C17H24N4O.2ClH/c1-12(18)8-9-17(22)19-11-13-10-16(21(2)3)20-15-7-5-4-6-14(13)15;;/h4-7,10,12H,8-9,11,18H2,1-3H3,(H,19,22);2*1H. The van der Waals surface area contributed by atoms with Gasteiger partial charge < -0.3 is 16.0 Å². The van der Waals surface area contributed by atoms with Crippen molar-refractivity contribution >= 4 is 47.4 Å². The van der Waals surface area contributed by atoms with Crippen molar-refractivity contribution in [1.29, 1.82) is 0 Å². The highest BCUT2D eigenvalue weighted by atomic mass is 35.5. The van der Waals surface area contributed by atoms with Gasteiger partial charge in [-0.3, -0.25) is 4.79 Å². The predicted octanol–water partition coefficient (Wildman–Crippen LogP) is 2.89. The minimum atomic E-state index is 0. The summed E-state index contributed by atoms with van der Waals surface area (Å²) in [5, 5.41) is 4.04. The summed E-state index contributed by atoms with van der Waals surface area (Å²) >= 11 is 0. The van der Waals surface area contributed by atoms with E-state index in [1.54, 1.807) is 0 Å². The Morgan fingerprint density at radius 3 is 2.58 bits per heavy atom. The maximum Gasteiger partial charge on any atom is 0.220 e. The summed E-state index contributed by atoms with van der Waals surface area (Å²) in [6, 6.07) is 10.1. The number of para-hydroxylation sites is 1. The number of hydrogen-bond acceptors (Lipinski definition) is 4. The molecule has 1 unspecified atom stereocenters. The fraction of sp³-hybridized carbons (Fsp3) is 0.412. The number of anilines is 1. The summed E-state index contributed by atoms with van der Waals surface area (Å²) in [5.41, 5.74) is 7.69. The van der Waals surface area contributed by atoms with E-state index in [9.17, 15) is 4.79 Å². The molecular weight excluding hydrogens is 347 g/mol. The van der Waals surface area contributed by atoms with Gasteiger partial charge in [0.2, 0.25) is 5.91 Å². The third kappa shape index (κ3) is 6.15. The molecule has 0 bridgehead atoms. The monoisotopic (exact) mass is 372 g/mol. The number of nitrogens with zero attached hydrogens (tertiary/aromatic N) is 2. The maximum absolute atomic E-state index is 11.9. The van der Waals surface area contributed by atoms with Gasteiger partial charge in [0.15, 0.2) is 0 Å². The Morgan fingerprint density at radius 1 is 1.29 bits per heavy atom. The number of amides is 1. The van der Waals surface area contributed by atoms with Gasteiger partial charge in [0.25, 0.3) is 0 Å². The molecular formula is C17H26Cl2N4O. The number of rotatable bonds is 6. The van der Waals surface area contributed by atoms with Gasteiger partial charge in [-0.2, -0.15) is 0 Å². The first-order chi connectivity index (χ1) is 10.5. The number of carbonyl (C=O) groups excluding carboxylic acids is 1. The van der Waals surface area contributed by atoms with E-state index in [1.807, 2.05) is 56.3 Å². The Bertz CT molecular complexity index is 662. The molecule has 0 radical (unpaired) electrons. The lowest BCUT2D eigenvalue weighted by Gasteiger charge is -2.15. The van der Waals surface area contributed by atoms with Crippen LogP contribution < -0.4 is 16.0 Å². The molecule has 0 spiro atoms. The molecule has 0 aliphatic heterocycles. The molecule has 0 saturated heterocycles. The third-order valence-corrected chi connectivity index (χ3v) is 3.55. The van der Waals surface area contributed by atoms with Crippen LogP contribution in [0.15, 0.2) is 30.3 Å². The van der Waals surface area contributed by atoms with Crippen molar-refractivity contribution in [2.45, 2.75) is 32.4 Å². The Labute approximate surface area is 155 Å². The number of fused-ring (bicyclic) bond motifs is 1. The minimum Gasteiger partial charge on any atom is -0.363 e. The first kappa shape index (κ1) is 22.4. The Balaban J connectivity index is 0.00000264. The Morgan fingerprint density at radius 2 is 1.96 bits per heavy atom. The minimum absolute atomic E-state index is 0. The van der Waals surface area contributed by atoms with Crippen molar-refractivity contribution < 1.29 is 4.79 Å². The van der Waals surface area contributed by atoms with Crippen LogP contribution in [0, 0.1) is 0 Å². The molecule has 0 aliphatic carbocycles. The second kappa shape index (κ2) is 10.3. The molecule has 134 valence electrons. The van der Waals surface area contributed by atoms with Crippen molar-refractivity contribution in [3.63, 3.8) is 0 Å². The molecule has 1 heterocycles. The first-order valence-corrected chi connectivity index (χ1v) is 7.55. The number of aromatic nitrogens is 1. The SMILES string of the molecule is CC(N)CCC(=O)NCc1cc(N(C)C)nc2ccccc12.Cl.Cl. The zero-order valence-electron chi connectivity index (χ0n) is 14.3. The van der Waals surface area contributed by atoms with Gasteiger partial charge in [0.05, 0.1) is 5.52 Å². The molecule has 1 aromatic carbocycles. The number of pyridine rings is 1. The highest BCUT2D eigenvalue weighted by Crippen LogP contribution is 2.22. The summed E-state index contributed by atoms with van der Waals surface area (Å²) in [5.74, 6) is 0.920. The predicted molar refractivity (Wildman–Crippen MR) is 105 cm³/mol. The molecule has 0 fully saturated rings. The smallest absolute Gasteiger partial charge is 0.220 e. The quantitative estimate of drug-likeness (QED) is 0.817. The molecule has 5 nitrogen and oxygen atoms in total. The molecule has 2 rings (SSSR count). The third-order valence-electron chi connectivity index (χ3n) is 3.55. The molecule has 1 aromatic heterocycles. The first-order valence-electron chi connectivity index (χ1n) is 7.55. The number of carbonyl (C=O) groups is 1. The topological polar surface area (TPSA) is 71.2 Å². The van der Waals surface area contributed by atoms with Crippen LogP contribution in [-0.4, -0.2) is 31.0 Å². The fourth-order valence-corrected chi connectivity index (χ4v) is 2.25. The van der Waals surface area contributed by atoms with Crippen LogP contribution in [0.2, 0.25) is 0 Å². The van der Waals surface area contributed by atoms with E-state index >= 15 is 0 Å². The summed E-state index contributed by atoms with van der Waals surface area (Å²) in [6.07, 6.45) is 1.16. The second-order valence-corrected chi connectivity index (χ2v) is 5.84. The van der Waals surface area contributed by atoms with Crippen LogP contribution in [0.25, 0.3) is 10.9 Å². The number of hydrogen-bond donors (Lipinski definition) is 2. The van der Waals surface area contributed by atoms with E-state index in [0.29, 0.717) is 19.4 Å². The highest BCUT2D eigenvalue weighted by molar-refractivity contribution is 5.86. The zero-order chi connectivity index (χ0) is 16.1. The molecule has 7 heteroatoms. The van der Waals surface area contributed by atoms with E-state index in [4.69, 9.17) is 5.73 Å². The summed E-state index contributed by atoms with van der Waals surface area (Å²) < 4.78 is 0. The van der Waals surface area contributed by atoms with E-state index in [2.05, 4.69) is 10.3 Å². The lowest BCUT2D eigenvalue weighted by molar-refractivity contribution is -0.121. The van der Waals surface area contributed by atoms with Crippen LogP contribution in [0.5, 0.6) is 0 Å². The summed E-state index contributed by atoms with van der Waals surface area (Å²) in [6.45, 7) is 2.41. The van der Waals surface area contributed by atoms with Crippen LogP contribution in [0.3, 0.4) is 0 Å². The van der Waals surface area contributed by atoms with E-state index in [-0.39, 0.29) is 36.8 Å². The van der Waals surface area contributed by atoms with Gasteiger partial charge in [-0.05, 0) is 31.0 Å². The molecule has 1 atom stereocenters. The van der Waals surface area contributed by atoms with Gasteiger partial charge in [0.1, 0.15) is 5.82 Å². The zero-order valence-corrected chi connectivity index (χ0v) is 15.9. The molecule has 0 saturated carbocycles. The van der Waals surface area contributed by atoms with Crippen molar-refractivity contribution in [3.05, 3.63) is 35.9 Å². The maximum atomic E-state index is 11.9. The van der Waals surface area contributed by atoms with E-state index in [0.717, 1.165) is 22.3 Å².